The van der Waals surface area contributed by atoms with Crippen molar-refractivity contribution in [1.29, 1.82) is 0 Å². The van der Waals surface area contributed by atoms with Crippen LogP contribution in [0.3, 0.4) is 0 Å². The molecule has 2 aromatic rings. The minimum atomic E-state index is -4.78. The van der Waals surface area contributed by atoms with Gasteiger partial charge in [-0.2, -0.15) is 14.4 Å². The lowest BCUT2D eigenvalue weighted by atomic mass is 10.1. The number of carboxylic acid groups (broad SMARTS) is 1. The number of imidazole rings is 1. The standard InChI is InChI=1S/C10H13FN5O7P.C5H11NO2/c11-10-14-7(12)4-8(15-10)16(2-13-4)9-6(18)5(17)3(23-9)1-22-24(19,20)21;1-3(2)4(6)5(7)8/h2-3,5-6,9,17-18H,1H2,(H2,12,14,15)(H2,19,20,21);3-4H,6H2,1-2H3,(H,7,8)/t3-,5-,6+,9-;4-/m10/s1. The van der Waals surface area contributed by atoms with E-state index in [1.165, 1.54) is 0 Å². The molecule has 180 valence electrons. The number of halogens is 1. The quantitative estimate of drug-likeness (QED) is 0.180. The van der Waals surface area contributed by atoms with Gasteiger partial charge in [-0.15, -0.1) is 0 Å². The first-order chi connectivity index (χ1) is 14.7. The summed E-state index contributed by atoms with van der Waals surface area (Å²) in [5.41, 5.74) is 10.7. The molecule has 1 aliphatic heterocycles. The van der Waals surface area contributed by atoms with Gasteiger partial charge in [-0.05, 0) is 5.92 Å². The minimum Gasteiger partial charge on any atom is -0.480 e. The number of nitrogens with zero attached hydrogens (tertiary/aromatic N) is 4. The molecular weight excluding hydrogens is 458 g/mol. The number of nitrogen functional groups attached to an aromatic ring is 1. The van der Waals surface area contributed by atoms with Crippen molar-refractivity contribution in [3.05, 3.63) is 12.4 Å². The van der Waals surface area contributed by atoms with Crippen molar-refractivity contribution < 1.29 is 48.1 Å². The van der Waals surface area contributed by atoms with Crippen LogP contribution >= 0.6 is 7.82 Å². The second-order valence-corrected chi connectivity index (χ2v) is 8.38. The normalized spacial score (nSPS) is 24.4. The van der Waals surface area contributed by atoms with E-state index in [4.69, 9.17) is 31.1 Å². The average Bonchev–Trinajstić information content (AvgIpc) is 3.21. The first-order valence-corrected chi connectivity index (χ1v) is 10.6. The van der Waals surface area contributed by atoms with Crippen molar-refractivity contribution in [1.82, 2.24) is 19.5 Å². The Kier molecular flexibility index (Phi) is 8.19. The van der Waals surface area contributed by atoms with Gasteiger partial charge in [0, 0.05) is 0 Å². The van der Waals surface area contributed by atoms with Gasteiger partial charge >= 0.3 is 19.9 Å². The highest BCUT2D eigenvalue weighted by Crippen LogP contribution is 2.38. The molecule has 2 aromatic heterocycles. The van der Waals surface area contributed by atoms with Crippen LogP contribution in [-0.2, 0) is 18.6 Å². The number of phosphoric acid groups is 1. The van der Waals surface area contributed by atoms with Crippen LogP contribution in [0.1, 0.15) is 20.1 Å². The Bertz CT molecular complexity index is 1000. The summed E-state index contributed by atoms with van der Waals surface area (Å²) in [6.45, 7) is 2.88. The Morgan fingerprint density at radius 2 is 1.97 bits per heavy atom. The predicted molar refractivity (Wildman–Crippen MR) is 104 cm³/mol. The summed E-state index contributed by atoms with van der Waals surface area (Å²) >= 11 is 0. The van der Waals surface area contributed by atoms with Crippen LogP contribution in [0.15, 0.2) is 6.33 Å². The van der Waals surface area contributed by atoms with E-state index in [1.807, 2.05) is 0 Å². The zero-order chi connectivity index (χ0) is 24.4. The van der Waals surface area contributed by atoms with Gasteiger partial charge in [0.15, 0.2) is 23.2 Å². The highest BCUT2D eigenvalue weighted by Gasteiger charge is 2.45. The van der Waals surface area contributed by atoms with Crippen molar-refractivity contribution in [2.75, 3.05) is 12.3 Å². The summed E-state index contributed by atoms with van der Waals surface area (Å²) in [6, 6.07) is -0.713. The number of hydrogen-bond donors (Lipinski definition) is 7. The van der Waals surface area contributed by atoms with E-state index in [0.717, 1.165) is 10.9 Å². The molecule has 0 bridgehead atoms. The van der Waals surface area contributed by atoms with Crippen LogP contribution in [0.25, 0.3) is 11.2 Å². The lowest BCUT2D eigenvalue weighted by Crippen LogP contribution is -2.34. The number of fused-ring (bicyclic) bond motifs is 1. The average molecular weight is 482 g/mol. The van der Waals surface area contributed by atoms with Crippen molar-refractivity contribution in [3.63, 3.8) is 0 Å². The number of nitrogens with two attached hydrogens (primary N) is 2. The summed E-state index contributed by atoms with van der Waals surface area (Å²) in [6.07, 6.45) is -5.46. The van der Waals surface area contributed by atoms with E-state index >= 15 is 0 Å². The molecule has 3 heterocycles. The van der Waals surface area contributed by atoms with Gasteiger partial charge in [0.2, 0.25) is 0 Å². The van der Waals surface area contributed by atoms with Crippen molar-refractivity contribution >= 4 is 30.8 Å². The summed E-state index contributed by atoms with van der Waals surface area (Å²) in [4.78, 5) is 38.1. The smallest absolute Gasteiger partial charge is 0.469 e. The molecule has 0 amide bonds. The third kappa shape index (κ3) is 6.14. The molecule has 0 aliphatic carbocycles. The molecule has 15 nitrogen and oxygen atoms in total. The van der Waals surface area contributed by atoms with E-state index in [9.17, 15) is 24.0 Å². The van der Waals surface area contributed by atoms with Crippen LogP contribution in [0.4, 0.5) is 10.2 Å². The number of aliphatic carboxylic acids is 1. The number of aliphatic hydroxyl groups excluding tert-OH is 2. The van der Waals surface area contributed by atoms with Crippen LogP contribution in [0.2, 0.25) is 0 Å². The van der Waals surface area contributed by atoms with Gasteiger partial charge in [-0.3, -0.25) is 13.9 Å². The van der Waals surface area contributed by atoms with Crippen LogP contribution in [0.5, 0.6) is 0 Å². The van der Waals surface area contributed by atoms with Gasteiger partial charge in [0.25, 0.3) is 0 Å². The van der Waals surface area contributed by atoms with E-state index in [-0.39, 0.29) is 22.9 Å². The number of phosphoric ester groups is 1. The Hall–Kier alpha value is -2.30. The number of hydrogen-bond acceptors (Lipinski definition) is 11. The molecule has 0 saturated carbocycles. The fourth-order valence-electron chi connectivity index (χ4n) is 2.65. The molecule has 1 saturated heterocycles. The molecule has 17 heteroatoms. The van der Waals surface area contributed by atoms with Gasteiger partial charge in [0.1, 0.15) is 24.4 Å². The van der Waals surface area contributed by atoms with Crippen LogP contribution in [0, 0.1) is 12.0 Å². The van der Waals surface area contributed by atoms with Crippen molar-refractivity contribution in [2.45, 2.75) is 44.4 Å². The number of ether oxygens (including phenoxy) is 1. The number of aromatic nitrogens is 4. The second-order valence-electron chi connectivity index (χ2n) is 7.14. The molecule has 0 radical (unpaired) electrons. The molecule has 0 aromatic carbocycles. The zero-order valence-electron chi connectivity index (χ0n) is 16.9. The van der Waals surface area contributed by atoms with E-state index in [0.29, 0.717) is 0 Å². The zero-order valence-corrected chi connectivity index (χ0v) is 17.8. The summed E-state index contributed by atoms with van der Waals surface area (Å²) in [5.74, 6) is -1.13. The lowest BCUT2D eigenvalue weighted by Gasteiger charge is -2.16. The van der Waals surface area contributed by atoms with Crippen LogP contribution in [-0.4, -0.2) is 81.6 Å². The lowest BCUT2D eigenvalue weighted by molar-refractivity contribution is -0.139. The fourth-order valence-corrected chi connectivity index (χ4v) is 2.99. The Labute approximate surface area is 180 Å². The van der Waals surface area contributed by atoms with Crippen molar-refractivity contribution in [2.24, 2.45) is 11.7 Å². The third-order valence-electron chi connectivity index (χ3n) is 4.44. The van der Waals surface area contributed by atoms with Gasteiger partial charge in [-0.25, -0.2) is 9.55 Å². The Morgan fingerprint density at radius 1 is 1.34 bits per heavy atom. The summed E-state index contributed by atoms with van der Waals surface area (Å²) < 4.78 is 34.8. The number of anilines is 1. The van der Waals surface area contributed by atoms with Gasteiger partial charge in [-0.1, -0.05) is 13.8 Å². The largest absolute Gasteiger partial charge is 0.480 e. The Morgan fingerprint density at radius 3 is 2.47 bits per heavy atom. The minimum absolute atomic E-state index is 0.0208. The van der Waals surface area contributed by atoms with Crippen LogP contribution < -0.4 is 11.5 Å². The molecule has 9 N–H and O–H groups in total. The second kappa shape index (κ2) is 10.1. The van der Waals surface area contributed by atoms with Crippen molar-refractivity contribution in [3.8, 4) is 0 Å². The number of carboxylic acids is 1. The molecule has 1 aliphatic rings. The maximum absolute atomic E-state index is 13.3. The molecule has 0 unspecified atom stereocenters. The molecular formula is C15H24FN6O9P. The van der Waals surface area contributed by atoms with E-state index in [1.54, 1.807) is 13.8 Å². The molecule has 3 rings (SSSR count). The Balaban J connectivity index is 0.000000390. The molecule has 32 heavy (non-hydrogen) atoms. The molecule has 0 spiro atoms. The van der Waals surface area contributed by atoms with Gasteiger partial charge < -0.3 is 41.3 Å². The highest BCUT2D eigenvalue weighted by molar-refractivity contribution is 7.46. The van der Waals surface area contributed by atoms with E-state index in [2.05, 4.69) is 19.5 Å². The fraction of sp³-hybridized carbons (Fsp3) is 0.600. The summed E-state index contributed by atoms with van der Waals surface area (Å²) in [7, 11) is -4.78. The SMILES string of the molecule is CC(C)[C@H](N)C(=O)O.Nc1nc(F)nc2c1ncn2[C@@H]1O[C@H](COP(=O)(O)O)[C@@H](O)[C@@H]1O. The number of rotatable bonds is 6. The monoisotopic (exact) mass is 482 g/mol. The maximum atomic E-state index is 13.3. The molecule has 1 fully saturated rings. The third-order valence-corrected chi connectivity index (χ3v) is 4.93. The molecule has 5 atom stereocenters. The highest BCUT2D eigenvalue weighted by atomic mass is 31.2. The maximum Gasteiger partial charge on any atom is 0.469 e. The first kappa shape index (κ1) is 26.0. The van der Waals surface area contributed by atoms with Gasteiger partial charge in [0.05, 0.1) is 12.9 Å². The first-order valence-electron chi connectivity index (χ1n) is 9.08. The summed E-state index contributed by atoms with van der Waals surface area (Å²) in [5, 5.41) is 28.2. The van der Waals surface area contributed by atoms with E-state index < -0.39 is 57.1 Å². The number of aliphatic hydroxyl groups is 2. The number of carbonyl (C=O) groups is 1. The topological polar surface area (TPSA) is 249 Å². The predicted octanol–water partition coefficient (Wildman–Crippen LogP) is -1.67.